The molecular weight excluding hydrogens is 290 g/mol. The van der Waals surface area contributed by atoms with Crippen LogP contribution in [0, 0.1) is 17.0 Å². The van der Waals surface area contributed by atoms with Gasteiger partial charge in [0.05, 0.1) is 4.47 Å². The zero-order valence-electron chi connectivity index (χ0n) is 10.1. The van der Waals surface area contributed by atoms with E-state index in [1.54, 1.807) is 0 Å². The van der Waals surface area contributed by atoms with Crippen molar-refractivity contribution in [1.29, 1.82) is 0 Å². The van der Waals surface area contributed by atoms with Crippen LogP contribution in [-0.4, -0.2) is 5.78 Å². The molecule has 0 N–H and O–H groups in total. The van der Waals surface area contributed by atoms with Gasteiger partial charge >= 0.3 is 0 Å². The molecule has 1 aromatic carbocycles. The summed E-state index contributed by atoms with van der Waals surface area (Å²) in [5, 5.41) is 0. The Hall–Kier alpha value is -0.770. The Labute approximate surface area is 108 Å². The summed E-state index contributed by atoms with van der Waals surface area (Å²) < 4.78 is 27.6. The van der Waals surface area contributed by atoms with E-state index in [0.29, 0.717) is 6.42 Å². The van der Waals surface area contributed by atoms with E-state index in [1.165, 1.54) is 19.1 Å². The highest BCUT2D eigenvalue weighted by atomic mass is 79.9. The van der Waals surface area contributed by atoms with Gasteiger partial charge in [0.25, 0.3) is 0 Å². The van der Waals surface area contributed by atoms with Crippen molar-refractivity contribution in [2.45, 2.75) is 33.6 Å². The molecule has 0 unspecified atom stereocenters. The summed E-state index contributed by atoms with van der Waals surface area (Å²) in [6.07, 6.45) is 0.502. The van der Waals surface area contributed by atoms with Crippen molar-refractivity contribution in [3.63, 3.8) is 0 Å². The third kappa shape index (κ3) is 3.87. The molecule has 0 aliphatic rings. The number of halogens is 3. The molecule has 94 valence electrons. The highest BCUT2D eigenvalue weighted by Crippen LogP contribution is 2.31. The molecule has 1 aromatic rings. The lowest BCUT2D eigenvalue weighted by atomic mass is 9.81. The number of Topliss-reactive ketones (excluding diaryl/α,β-unsaturated/α-hetero) is 1. The lowest BCUT2D eigenvalue weighted by Gasteiger charge is -2.24. The molecule has 0 spiro atoms. The average Bonchev–Trinajstić information content (AvgIpc) is 2.17. The Bertz CT molecular complexity index is 441. The maximum Gasteiger partial charge on any atom is 0.143 e. The Morgan fingerprint density at radius 3 is 2.47 bits per heavy atom. The molecule has 4 heteroatoms. The third-order valence-corrected chi connectivity index (χ3v) is 3.13. The van der Waals surface area contributed by atoms with Crippen LogP contribution >= 0.6 is 15.9 Å². The topological polar surface area (TPSA) is 17.1 Å². The van der Waals surface area contributed by atoms with Gasteiger partial charge in [-0.25, -0.2) is 8.78 Å². The van der Waals surface area contributed by atoms with Gasteiger partial charge < -0.3 is 4.79 Å². The maximum absolute atomic E-state index is 13.8. The van der Waals surface area contributed by atoms with E-state index in [0.717, 1.165) is 0 Å². The van der Waals surface area contributed by atoms with E-state index >= 15 is 0 Å². The lowest BCUT2D eigenvalue weighted by molar-refractivity contribution is -0.118. The van der Waals surface area contributed by atoms with Gasteiger partial charge in [0, 0.05) is 12.0 Å². The fourth-order valence-electron chi connectivity index (χ4n) is 1.95. The smallest absolute Gasteiger partial charge is 0.143 e. The second-order valence-electron chi connectivity index (χ2n) is 5.04. The first-order chi connectivity index (χ1) is 7.73. The molecule has 0 amide bonds. The fourth-order valence-corrected chi connectivity index (χ4v) is 2.32. The van der Waals surface area contributed by atoms with Crippen LogP contribution in [0.2, 0.25) is 0 Å². The van der Waals surface area contributed by atoms with Crippen LogP contribution in [-0.2, 0) is 11.2 Å². The maximum atomic E-state index is 13.8. The summed E-state index contributed by atoms with van der Waals surface area (Å²) in [6.45, 7) is 5.14. The van der Waals surface area contributed by atoms with Crippen LogP contribution in [0.25, 0.3) is 0 Å². The van der Waals surface area contributed by atoms with Crippen molar-refractivity contribution in [3.8, 4) is 0 Å². The van der Waals surface area contributed by atoms with Crippen LogP contribution < -0.4 is 0 Å². The highest BCUT2D eigenvalue weighted by molar-refractivity contribution is 9.10. The Morgan fingerprint density at radius 1 is 1.35 bits per heavy atom. The lowest BCUT2D eigenvalue weighted by Crippen LogP contribution is -2.20. The Kier molecular flexibility index (Phi) is 4.42. The molecule has 0 aliphatic carbocycles. The van der Waals surface area contributed by atoms with E-state index in [-0.39, 0.29) is 22.2 Å². The summed E-state index contributed by atoms with van der Waals surface area (Å²) in [6, 6.07) is 2.57. The molecule has 0 saturated carbocycles. The van der Waals surface area contributed by atoms with Gasteiger partial charge in [-0.2, -0.15) is 0 Å². The largest absolute Gasteiger partial charge is 0.300 e. The van der Waals surface area contributed by atoms with Crippen LogP contribution in [0.3, 0.4) is 0 Å². The second-order valence-corrected chi connectivity index (χ2v) is 5.90. The predicted molar refractivity (Wildman–Crippen MR) is 66.8 cm³/mol. The van der Waals surface area contributed by atoms with Crippen LogP contribution in [0.4, 0.5) is 8.78 Å². The molecule has 1 nitrogen and oxygen atoms in total. The van der Waals surface area contributed by atoms with E-state index < -0.39 is 17.0 Å². The predicted octanol–water partition coefficient (Wildman–Crippen LogP) is 4.28. The minimum absolute atomic E-state index is 0.0193. The number of hydrogen-bond donors (Lipinski definition) is 0. The highest BCUT2D eigenvalue weighted by Gasteiger charge is 2.25. The molecule has 0 heterocycles. The van der Waals surface area contributed by atoms with Crippen molar-refractivity contribution in [2.24, 2.45) is 5.41 Å². The monoisotopic (exact) mass is 304 g/mol. The summed E-state index contributed by atoms with van der Waals surface area (Å²) in [7, 11) is 0. The standard InChI is InChI=1S/C13H15BrF2O/c1-8(17)6-13(2,3)7-9-11(15)5-4-10(14)12(9)16/h4-5H,6-7H2,1-3H3. The number of benzene rings is 1. The van der Waals surface area contributed by atoms with Gasteiger partial charge in [0.1, 0.15) is 17.4 Å². The number of ketones is 1. The average molecular weight is 305 g/mol. The summed E-state index contributed by atoms with van der Waals surface area (Å²) >= 11 is 3.03. The first-order valence-corrected chi connectivity index (χ1v) is 6.14. The first kappa shape index (κ1) is 14.3. The van der Waals surface area contributed by atoms with Crippen molar-refractivity contribution in [1.82, 2.24) is 0 Å². The number of carbonyl (C=O) groups excluding carboxylic acids is 1. The fraction of sp³-hybridized carbons (Fsp3) is 0.462. The van der Waals surface area contributed by atoms with Gasteiger partial charge in [-0.15, -0.1) is 0 Å². The van der Waals surface area contributed by atoms with Gasteiger partial charge in [0.15, 0.2) is 0 Å². The van der Waals surface area contributed by atoms with Gasteiger partial charge in [-0.3, -0.25) is 0 Å². The molecule has 0 radical (unpaired) electrons. The van der Waals surface area contributed by atoms with E-state index in [1.807, 2.05) is 13.8 Å². The molecule has 0 aromatic heterocycles. The summed E-state index contributed by atoms with van der Waals surface area (Å²) in [5.41, 5.74) is -0.417. The minimum Gasteiger partial charge on any atom is -0.300 e. The second kappa shape index (κ2) is 5.25. The first-order valence-electron chi connectivity index (χ1n) is 5.35. The number of carbonyl (C=O) groups is 1. The molecule has 0 bridgehead atoms. The number of rotatable bonds is 4. The number of hydrogen-bond acceptors (Lipinski definition) is 1. The quantitative estimate of drug-likeness (QED) is 0.759. The van der Waals surface area contributed by atoms with Gasteiger partial charge in [-0.05, 0) is 46.8 Å². The Balaban J connectivity index is 3.02. The zero-order chi connectivity index (χ0) is 13.2. The van der Waals surface area contributed by atoms with Crippen molar-refractivity contribution in [2.75, 3.05) is 0 Å². The van der Waals surface area contributed by atoms with Crippen LogP contribution in [0.5, 0.6) is 0 Å². The van der Waals surface area contributed by atoms with E-state index in [2.05, 4.69) is 15.9 Å². The van der Waals surface area contributed by atoms with Crippen LogP contribution in [0.1, 0.15) is 32.8 Å². The molecule has 0 atom stereocenters. The molecule has 0 aliphatic heterocycles. The Morgan fingerprint density at radius 2 is 1.94 bits per heavy atom. The van der Waals surface area contributed by atoms with Gasteiger partial charge in [0.2, 0.25) is 0 Å². The summed E-state index contributed by atoms with van der Waals surface area (Å²) in [4.78, 5) is 11.1. The molecule has 17 heavy (non-hydrogen) atoms. The molecule has 0 fully saturated rings. The van der Waals surface area contributed by atoms with E-state index in [4.69, 9.17) is 0 Å². The van der Waals surface area contributed by atoms with Crippen molar-refractivity contribution >= 4 is 21.7 Å². The SMILES string of the molecule is CC(=O)CC(C)(C)Cc1c(F)ccc(Br)c1F. The van der Waals surface area contributed by atoms with Crippen LogP contribution in [0.15, 0.2) is 16.6 Å². The minimum atomic E-state index is -0.582. The molecule has 0 saturated heterocycles. The van der Waals surface area contributed by atoms with E-state index in [9.17, 15) is 13.6 Å². The molecular formula is C13H15BrF2O. The third-order valence-electron chi connectivity index (χ3n) is 2.52. The van der Waals surface area contributed by atoms with Crippen molar-refractivity contribution in [3.05, 3.63) is 33.8 Å². The van der Waals surface area contributed by atoms with Crippen molar-refractivity contribution < 1.29 is 13.6 Å². The normalized spacial score (nSPS) is 11.6. The molecule has 1 rings (SSSR count). The summed E-state index contributed by atoms with van der Waals surface area (Å²) in [5.74, 6) is -1.13. The zero-order valence-corrected chi connectivity index (χ0v) is 11.7. The van der Waals surface area contributed by atoms with Gasteiger partial charge in [-0.1, -0.05) is 13.8 Å².